The van der Waals surface area contributed by atoms with Crippen LogP contribution in [0.15, 0.2) is 18.5 Å². The molecular formula is C11H14N2O4. The average molecular weight is 238 g/mol. The highest BCUT2D eigenvalue weighted by atomic mass is 16.4. The Morgan fingerprint density at radius 2 is 2.06 bits per heavy atom. The number of carboxylic acid groups (broad SMARTS) is 1. The number of aryl methyl sites for hydroxylation is 1. The molecule has 1 rings (SSSR count). The van der Waals surface area contributed by atoms with E-state index >= 15 is 0 Å². The highest BCUT2D eigenvalue weighted by Gasteiger charge is 2.25. The molecule has 0 radical (unpaired) electrons. The minimum atomic E-state index is -1.33. The molecule has 0 aliphatic heterocycles. The van der Waals surface area contributed by atoms with E-state index in [1.165, 1.54) is 13.1 Å². The number of carbonyl (C=O) groups excluding carboxylic acids is 1. The summed E-state index contributed by atoms with van der Waals surface area (Å²) in [7, 11) is 0. The second-order valence-corrected chi connectivity index (χ2v) is 3.78. The van der Waals surface area contributed by atoms with Crippen LogP contribution in [0.1, 0.15) is 22.8 Å². The van der Waals surface area contributed by atoms with Gasteiger partial charge in [0.1, 0.15) is 0 Å². The monoisotopic (exact) mass is 238 g/mol. The Kier molecular flexibility index (Phi) is 4.17. The topological polar surface area (TPSA) is 99.5 Å². The second kappa shape index (κ2) is 5.40. The number of pyridine rings is 1. The third kappa shape index (κ3) is 3.53. The van der Waals surface area contributed by atoms with E-state index in [4.69, 9.17) is 5.11 Å². The molecule has 1 aromatic rings. The fourth-order valence-corrected chi connectivity index (χ4v) is 1.29. The third-order valence-electron chi connectivity index (χ3n) is 2.17. The van der Waals surface area contributed by atoms with Crippen molar-refractivity contribution in [2.75, 3.05) is 0 Å². The molecule has 0 bridgehead atoms. The van der Waals surface area contributed by atoms with E-state index in [1.807, 2.05) is 0 Å². The number of carboxylic acids is 1. The van der Waals surface area contributed by atoms with Crippen LogP contribution in [0.25, 0.3) is 0 Å². The predicted molar refractivity (Wildman–Crippen MR) is 59.5 cm³/mol. The Labute approximate surface area is 98.3 Å². The van der Waals surface area contributed by atoms with Crippen LogP contribution in [-0.4, -0.2) is 39.2 Å². The van der Waals surface area contributed by atoms with Gasteiger partial charge in [0, 0.05) is 12.4 Å². The van der Waals surface area contributed by atoms with Gasteiger partial charge in [-0.25, -0.2) is 4.79 Å². The number of nitrogens with one attached hydrogen (secondary N) is 1. The number of aliphatic hydroxyl groups is 1. The van der Waals surface area contributed by atoms with Gasteiger partial charge in [-0.1, -0.05) is 0 Å². The van der Waals surface area contributed by atoms with Gasteiger partial charge in [-0.05, 0) is 25.5 Å². The minimum absolute atomic E-state index is 0.261. The molecule has 0 saturated heterocycles. The van der Waals surface area contributed by atoms with E-state index in [0.717, 1.165) is 5.56 Å². The van der Waals surface area contributed by atoms with Gasteiger partial charge in [-0.2, -0.15) is 0 Å². The van der Waals surface area contributed by atoms with Crippen LogP contribution in [0.4, 0.5) is 0 Å². The maximum absolute atomic E-state index is 11.7. The van der Waals surface area contributed by atoms with Gasteiger partial charge >= 0.3 is 5.97 Å². The lowest BCUT2D eigenvalue weighted by atomic mass is 10.1. The molecule has 0 saturated carbocycles. The fraction of sp³-hybridized carbons (Fsp3) is 0.364. The Hall–Kier alpha value is -1.95. The molecule has 0 spiro atoms. The van der Waals surface area contributed by atoms with Crippen molar-refractivity contribution in [2.24, 2.45) is 0 Å². The molecule has 3 N–H and O–H groups in total. The van der Waals surface area contributed by atoms with Crippen molar-refractivity contribution in [3.05, 3.63) is 29.6 Å². The zero-order chi connectivity index (χ0) is 13.0. The molecule has 17 heavy (non-hydrogen) atoms. The number of hydrogen-bond donors (Lipinski definition) is 3. The molecule has 6 nitrogen and oxygen atoms in total. The molecule has 0 aromatic carbocycles. The van der Waals surface area contributed by atoms with Crippen LogP contribution in [-0.2, 0) is 4.79 Å². The smallest absolute Gasteiger partial charge is 0.328 e. The van der Waals surface area contributed by atoms with Gasteiger partial charge in [0.05, 0.1) is 11.7 Å². The maximum atomic E-state index is 11.7. The van der Waals surface area contributed by atoms with Crippen LogP contribution >= 0.6 is 0 Å². The Morgan fingerprint density at radius 1 is 1.41 bits per heavy atom. The number of aliphatic carboxylic acids is 1. The first-order valence-corrected chi connectivity index (χ1v) is 5.05. The first-order chi connectivity index (χ1) is 7.91. The van der Waals surface area contributed by atoms with Crippen LogP contribution in [0.2, 0.25) is 0 Å². The van der Waals surface area contributed by atoms with E-state index in [9.17, 15) is 14.7 Å². The maximum Gasteiger partial charge on any atom is 0.328 e. The van der Waals surface area contributed by atoms with E-state index in [2.05, 4.69) is 10.3 Å². The largest absolute Gasteiger partial charge is 0.480 e. The third-order valence-corrected chi connectivity index (χ3v) is 2.17. The van der Waals surface area contributed by atoms with Crippen molar-refractivity contribution < 1.29 is 19.8 Å². The molecule has 2 atom stereocenters. The summed E-state index contributed by atoms with van der Waals surface area (Å²) in [4.78, 5) is 26.3. The molecule has 0 aliphatic rings. The lowest BCUT2D eigenvalue weighted by Crippen LogP contribution is -2.47. The second-order valence-electron chi connectivity index (χ2n) is 3.78. The normalized spacial score (nSPS) is 13.8. The summed E-state index contributed by atoms with van der Waals surface area (Å²) >= 11 is 0. The molecule has 0 fully saturated rings. The molecular weight excluding hydrogens is 224 g/mol. The fourth-order valence-electron chi connectivity index (χ4n) is 1.29. The quantitative estimate of drug-likeness (QED) is 0.683. The SMILES string of the molecule is Cc1cncc(C(=O)NC(C(=O)O)C(C)O)c1. The molecule has 1 heterocycles. The van der Waals surface area contributed by atoms with Gasteiger partial charge in [-0.15, -0.1) is 0 Å². The van der Waals surface area contributed by atoms with Crippen LogP contribution in [0.5, 0.6) is 0 Å². The summed E-state index contributed by atoms with van der Waals surface area (Å²) in [5.74, 6) is -1.86. The molecule has 0 aliphatic carbocycles. The van der Waals surface area contributed by atoms with E-state index < -0.39 is 24.0 Å². The van der Waals surface area contributed by atoms with Crippen molar-refractivity contribution in [1.29, 1.82) is 0 Å². The summed E-state index contributed by atoms with van der Waals surface area (Å²) in [6.45, 7) is 3.07. The number of aliphatic hydroxyl groups excluding tert-OH is 1. The summed E-state index contributed by atoms with van der Waals surface area (Å²) in [5, 5.41) is 20.3. The summed E-state index contributed by atoms with van der Waals surface area (Å²) < 4.78 is 0. The van der Waals surface area contributed by atoms with Crippen molar-refractivity contribution >= 4 is 11.9 Å². The summed E-state index contributed by atoms with van der Waals surface area (Å²) in [6, 6.07) is 0.256. The van der Waals surface area contributed by atoms with E-state index in [-0.39, 0.29) is 5.56 Å². The Morgan fingerprint density at radius 3 is 2.53 bits per heavy atom. The van der Waals surface area contributed by atoms with Crippen molar-refractivity contribution in [3.8, 4) is 0 Å². The van der Waals surface area contributed by atoms with Crippen molar-refractivity contribution in [1.82, 2.24) is 10.3 Å². The van der Waals surface area contributed by atoms with E-state index in [0.29, 0.717) is 0 Å². The standard InChI is InChI=1S/C11H14N2O4/c1-6-3-8(5-12-4-6)10(15)13-9(7(2)14)11(16)17/h3-5,7,9,14H,1-2H3,(H,13,15)(H,16,17). The van der Waals surface area contributed by atoms with Gasteiger partial charge in [-0.3, -0.25) is 9.78 Å². The van der Waals surface area contributed by atoms with Gasteiger partial charge in [0.25, 0.3) is 5.91 Å². The van der Waals surface area contributed by atoms with Crippen molar-refractivity contribution in [2.45, 2.75) is 26.0 Å². The molecule has 1 aromatic heterocycles. The number of nitrogens with zero attached hydrogens (tertiary/aromatic N) is 1. The van der Waals surface area contributed by atoms with Gasteiger partial charge in [0.2, 0.25) is 0 Å². The lowest BCUT2D eigenvalue weighted by molar-refractivity contribution is -0.141. The number of hydrogen-bond acceptors (Lipinski definition) is 4. The molecule has 1 amide bonds. The number of amides is 1. The van der Waals surface area contributed by atoms with Crippen LogP contribution < -0.4 is 5.32 Å². The van der Waals surface area contributed by atoms with Crippen molar-refractivity contribution in [3.63, 3.8) is 0 Å². The minimum Gasteiger partial charge on any atom is -0.480 e. The zero-order valence-electron chi connectivity index (χ0n) is 9.54. The Bertz CT molecular complexity index is 431. The first-order valence-electron chi connectivity index (χ1n) is 5.05. The highest BCUT2D eigenvalue weighted by Crippen LogP contribution is 2.02. The number of carbonyl (C=O) groups is 2. The number of aromatic nitrogens is 1. The lowest BCUT2D eigenvalue weighted by Gasteiger charge is -2.16. The molecule has 6 heteroatoms. The first kappa shape index (κ1) is 13.1. The average Bonchev–Trinajstić information content (AvgIpc) is 2.24. The summed E-state index contributed by atoms with van der Waals surface area (Å²) in [5.41, 5.74) is 1.05. The zero-order valence-corrected chi connectivity index (χ0v) is 9.54. The number of rotatable bonds is 4. The Balaban J connectivity index is 2.81. The van der Waals surface area contributed by atoms with Crippen LogP contribution in [0, 0.1) is 6.92 Å². The van der Waals surface area contributed by atoms with E-state index in [1.54, 1.807) is 19.2 Å². The van der Waals surface area contributed by atoms with Gasteiger partial charge < -0.3 is 15.5 Å². The molecule has 92 valence electrons. The van der Waals surface area contributed by atoms with Gasteiger partial charge in [0.15, 0.2) is 6.04 Å². The summed E-state index contributed by atoms with van der Waals surface area (Å²) in [6.07, 6.45) is 1.75. The highest BCUT2D eigenvalue weighted by molar-refractivity contribution is 5.96. The predicted octanol–water partition coefficient (Wildman–Crippen LogP) is -0.0462. The molecule has 2 unspecified atom stereocenters. The van der Waals surface area contributed by atoms with Crippen LogP contribution in [0.3, 0.4) is 0 Å².